The van der Waals surface area contributed by atoms with Crippen LogP contribution in [0.15, 0.2) is 24.0 Å². The molecule has 0 unspecified atom stereocenters. The zero-order valence-electron chi connectivity index (χ0n) is 4.59. The van der Waals surface area contributed by atoms with Crippen molar-refractivity contribution in [2.45, 2.75) is 0 Å². The summed E-state index contributed by atoms with van der Waals surface area (Å²) < 4.78 is 4.84. The molecule has 2 heterocycles. The van der Waals surface area contributed by atoms with Gasteiger partial charge in [-0.15, -0.1) is 0 Å². The van der Waals surface area contributed by atoms with Gasteiger partial charge in [-0.1, -0.05) is 6.08 Å². The lowest BCUT2D eigenvalue weighted by molar-refractivity contribution is 0.796. The van der Waals surface area contributed by atoms with Gasteiger partial charge in [-0.2, -0.15) is 0 Å². The van der Waals surface area contributed by atoms with E-state index in [9.17, 15) is 0 Å². The van der Waals surface area contributed by atoms with Crippen LogP contribution in [-0.2, 0) is 0 Å². The quantitative estimate of drug-likeness (QED) is 0.500. The lowest BCUT2D eigenvalue weighted by Gasteiger charge is -2.11. The summed E-state index contributed by atoms with van der Waals surface area (Å²) in [5.74, 6) is 0. The topological polar surface area (TPSA) is 15.3 Å². The molecule has 2 nitrogen and oxygen atoms in total. The molecule has 9 heavy (non-hydrogen) atoms. The minimum absolute atomic E-state index is 0.961. The van der Waals surface area contributed by atoms with E-state index >= 15 is 0 Å². The molecule has 2 radical (unpaired) electrons. The van der Waals surface area contributed by atoms with Crippen LogP contribution in [0.3, 0.4) is 0 Å². The first kappa shape index (κ1) is 4.99. The van der Waals surface area contributed by atoms with Gasteiger partial charge < -0.3 is 4.72 Å². The van der Waals surface area contributed by atoms with Crippen molar-refractivity contribution in [1.29, 1.82) is 0 Å². The number of hydrogen-bond acceptors (Lipinski definition) is 3. The summed E-state index contributed by atoms with van der Waals surface area (Å²) in [7, 11) is 0. The van der Waals surface area contributed by atoms with Crippen molar-refractivity contribution in [3.05, 3.63) is 36.3 Å². The fraction of sp³-hybridized carbons (Fsp3) is 0. The third-order valence-corrected chi connectivity index (χ3v) is 1.77. The zero-order valence-corrected chi connectivity index (χ0v) is 5.40. The highest BCUT2D eigenvalue weighted by molar-refractivity contribution is 7.95. The Labute approximate surface area is 58.2 Å². The normalized spacial score (nSPS) is 21.3. The fourth-order valence-electron chi connectivity index (χ4n) is 0.674. The highest BCUT2D eigenvalue weighted by Crippen LogP contribution is 2.23. The van der Waals surface area contributed by atoms with Crippen LogP contribution in [0.5, 0.6) is 0 Å². The summed E-state index contributed by atoms with van der Waals surface area (Å²) in [5.41, 5.74) is 0.961. The Balaban J connectivity index is 2.33. The maximum absolute atomic E-state index is 3.02. The van der Waals surface area contributed by atoms with E-state index in [0.717, 1.165) is 5.70 Å². The fourth-order valence-corrected chi connectivity index (χ4v) is 1.24. The zero-order chi connectivity index (χ0) is 6.10. The molecule has 0 amide bonds. The molecule has 0 aromatic rings. The molecule has 2 rings (SSSR count). The van der Waals surface area contributed by atoms with Gasteiger partial charge in [-0.25, -0.2) is 0 Å². The minimum atomic E-state index is 0.961. The molecule has 1 N–H and O–H groups in total. The lowest BCUT2D eigenvalue weighted by Crippen LogP contribution is -2.03. The van der Waals surface area contributed by atoms with E-state index in [1.54, 1.807) is 0 Å². The summed E-state index contributed by atoms with van der Waals surface area (Å²) in [6, 6.07) is 0. The van der Waals surface area contributed by atoms with Crippen LogP contribution >= 0.6 is 12.1 Å². The molecule has 0 spiro atoms. The van der Waals surface area contributed by atoms with Crippen LogP contribution in [-0.4, -0.2) is 4.31 Å². The molecule has 0 aromatic carbocycles. The van der Waals surface area contributed by atoms with E-state index in [1.807, 2.05) is 22.7 Å². The van der Waals surface area contributed by atoms with Crippen molar-refractivity contribution in [2.75, 3.05) is 0 Å². The Hall–Kier alpha value is -0.830. The standard InChI is InChI=1S/C6H4N2S/c1-2-4-8-6(3-1)5-7-9-8/h1-2,4,7H. The Morgan fingerprint density at radius 1 is 1.67 bits per heavy atom. The van der Waals surface area contributed by atoms with Crippen molar-refractivity contribution in [3.63, 3.8) is 0 Å². The average Bonchev–Trinajstić information content (AvgIpc) is 2.33. The lowest BCUT2D eigenvalue weighted by atomic mass is 10.3. The average molecular weight is 136 g/mol. The van der Waals surface area contributed by atoms with Crippen LogP contribution in [0, 0.1) is 12.3 Å². The van der Waals surface area contributed by atoms with Crippen molar-refractivity contribution >= 4 is 12.1 Å². The van der Waals surface area contributed by atoms with Gasteiger partial charge in [0.15, 0.2) is 0 Å². The molecule has 44 valence electrons. The first-order chi connectivity index (χ1) is 4.47. The molecule has 0 fully saturated rings. The molecular weight excluding hydrogens is 132 g/mol. The molecule has 3 heteroatoms. The maximum Gasteiger partial charge on any atom is 0.0976 e. The number of allylic oxidation sites excluding steroid dienone is 3. The van der Waals surface area contributed by atoms with Crippen molar-refractivity contribution < 1.29 is 0 Å². The predicted octanol–water partition coefficient (Wildman–Crippen LogP) is 0.986. The van der Waals surface area contributed by atoms with Crippen molar-refractivity contribution in [2.24, 2.45) is 0 Å². The second-order valence-corrected chi connectivity index (χ2v) is 2.43. The highest BCUT2D eigenvalue weighted by Gasteiger charge is 2.12. The van der Waals surface area contributed by atoms with Gasteiger partial charge in [0.1, 0.15) is 0 Å². The molecular formula is C6H4N2S. The molecule has 2 aliphatic heterocycles. The van der Waals surface area contributed by atoms with Crippen LogP contribution in [0.1, 0.15) is 0 Å². The van der Waals surface area contributed by atoms with Crippen molar-refractivity contribution in [1.82, 2.24) is 9.03 Å². The minimum Gasteiger partial charge on any atom is -0.308 e. The van der Waals surface area contributed by atoms with Gasteiger partial charge in [-0.3, -0.25) is 4.31 Å². The van der Waals surface area contributed by atoms with Gasteiger partial charge in [-0.05, 0) is 6.08 Å². The summed E-state index contributed by atoms with van der Waals surface area (Å²) >= 11 is 1.49. The van der Waals surface area contributed by atoms with E-state index in [2.05, 4.69) is 17.0 Å². The Morgan fingerprint density at radius 2 is 2.67 bits per heavy atom. The molecule has 0 atom stereocenters. The van der Waals surface area contributed by atoms with Crippen LogP contribution in [0.4, 0.5) is 0 Å². The second kappa shape index (κ2) is 1.84. The van der Waals surface area contributed by atoms with E-state index < -0.39 is 0 Å². The summed E-state index contributed by atoms with van der Waals surface area (Å²) in [4.78, 5) is 0. The number of rotatable bonds is 0. The Kier molecular flexibility index (Phi) is 1.02. The monoisotopic (exact) mass is 136 g/mol. The van der Waals surface area contributed by atoms with Gasteiger partial charge in [0, 0.05) is 12.3 Å². The predicted molar refractivity (Wildman–Crippen MR) is 36.3 cm³/mol. The Morgan fingerprint density at radius 3 is 3.56 bits per heavy atom. The number of nitrogens with zero attached hydrogens (tertiary/aromatic N) is 1. The van der Waals surface area contributed by atoms with E-state index in [0.29, 0.717) is 0 Å². The van der Waals surface area contributed by atoms with Crippen LogP contribution in [0.25, 0.3) is 0 Å². The van der Waals surface area contributed by atoms with E-state index in [-0.39, 0.29) is 0 Å². The second-order valence-electron chi connectivity index (χ2n) is 1.65. The molecule has 0 bridgehead atoms. The largest absolute Gasteiger partial charge is 0.308 e. The molecule has 2 aliphatic rings. The smallest absolute Gasteiger partial charge is 0.0976 e. The Bertz CT molecular complexity index is 202. The molecule has 0 aromatic heterocycles. The molecule has 0 aliphatic carbocycles. The van der Waals surface area contributed by atoms with Crippen LogP contribution < -0.4 is 4.72 Å². The van der Waals surface area contributed by atoms with Crippen LogP contribution in [0.2, 0.25) is 0 Å². The SMILES string of the molecule is [C]1=CC=CN2SN[C]=C12. The summed E-state index contributed by atoms with van der Waals surface area (Å²) in [6.07, 6.45) is 11.7. The summed E-state index contributed by atoms with van der Waals surface area (Å²) in [5, 5.41) is 0. The van der Waals surface area contributed by atoms with E-state index in [4.69, 9.17) is 0 Å². The number of hydrogen-bond donors (Lipinski definition) is 1. The number of fused-ring (bicyclic) bond motifs is 1. The third-order valence-electron chi connectivity index (χ3n) is 1.07. The van der Waals surface area contributed by atoms with Crippen molar-refractivity contribution in [3.8, 4) is 0 Å². The van der Waals surface area contributed by atoms with E-state index in [1.165, 1.54) is 12.1 Å². The maximum atomic E-state index is 3.02. The number of nitrogens with one attached hydrogen (secondary N) is 1. The first-order valence-corrected chi connectivity index (χ1v) is 3.35. The molecule has 0 saturated heterocycles. The first-order valence-electron chi connectivity index (χ1n) is 2.57. The third kappa shape index (κ3) is 0.733. The van der Waals surface area contributed by atoms with Gasteiger partial charge in [0.25, 0.3) is 0 Å². The summed E-state index contributed by atoms with van der Waals surface area (Å²) in [6.45, 7) is 0. The molecule has 0 saturated carbocycles. The van der Waals surface area contributed by atoms with Gasteiger partial charge >= 0.3 is 0 Å². The van der Waals surface area contributed by atoms with Gasteiger partial charge in [0.2, 0.25) is 0 Å². The highest BCUT2D eigenvalue weighted by atomic mass is 32.2. The van der Waals surface area contributed by atoms with Gasteiger partial charge in [0.05, 0.1) is 24.0 Å².